The summed E-state index contributed by atoms with van der Waals surface area (Å²) in [6.45, 7) is 4.68. The highest BCUT2D eigenvalue weighted by molar-refractivity contribution is 6.11. The average Bonchev–Trinajstić information content (AvgIpc) is 3.96. The van der Waals surface area contributed by atoms with Crippen molar-refractivity contribution in [1.82, 2.24) is 9.97 Å². The summed E-state index contributed by atoms with van der Waals surface area (Å²) in [6, 6.07) is 50.4. The highest BCUT2D eigenvalue weighted by atomic mass is 16.4. The average molecular weight is 671 g/mol. The van der Waals surface area contributed by atoms with E-state index in [1.54, 1.807) is 0 Å². The molecule has 10 aromatic rings. The zero-order valence-electron chi connectivity index (χ0n) is 28.5. The van der Waals surface area contributed by atoms with Gasteiger partial charge in [-0.1, -0.05) is 92.7 Å². The number of furan rings is 1. The zero-order chi connectivity index (χ0) is 34.6. The number of nitrogens with zero attached hydrogens (tertiary/aromatic N) is 2. The number of oxazole rings is 2. The highest BCUT2D eigenvalue weighted by Crippen LogP contribution is 2.53. The lowest BCUT2D eigenvalue weighted by molar-refractivity contribution is 0.617. The van der Waals surface area contributed by atoms with Crippen LogP contribution < -0.4 is 0 Å². The Morgan fingerprint density at radius 1 is 0.423 bits per heavy atom. The second-order valence-electron chi connectivity index (χ2n) is 14.2. The van der Waals surface area contributed by atoms with Gasteiger partial charge in [-0.05, 0) is 111 Å². The Morgan fingerprint density at radius 2 is 0.981 bits per heavy atom. The van der Waals surface area contributed by atoms with E-state index in [2.05, 4.69) is 98.8 Å². The van der Waals surface area contributed by atoms with Gasteiger partial charge >= 0.3 is 0 Å². The van der Waals surface area contributed by atoms with E-state index < -0.39 is 0 Å². The molecule has 11 rings (SSSR count). The minimum absolute atomic E-state index is 0.215. The van der Waals surface area contributed by atoms with Crippen LogP contribution in [-0.2, 0) is 5.41 Å². The highest BCUT2D eigenvalue weighted by Gasteiger charge is 2.38. The number of aromatic nitrogens is 2. The van der Waals surface area contributed by atoms with E-state index in [1.165, 1.54) is 38.6 Å². The van der Waals surface area contributed by atoms with Gasteiger partial charge in [0, 0.05) is 27.3 Å². The van der Waals surface area contributed by atoms with E-state index in [9.17, 15) is 0 Å². The number of benzene rings is 7. The molecule has 1 aliphatic carbocycles. The Hall–Kier alpha value is -6.72. The van der Waals surface area contributed by atoms with Gasteiger partial charge in [0.15, 0.2) is 11.2 Å². The monoisotopic (exact) mass is 670 g/mol. The van der Waals surface area contributed by atoms with Crippen molar-refractivity contribution < 1.29 is 13.3 Å². The largest absolute Gasteiger partial charge is 0.456 e. The summed E-state index contributed by atoms with van der Waals surface area (Å²) >= 11 is 0. The fourth-order valence-electron chi connectivity index (χ4n) is 8.21. The fraction of sp³-hybridized carbons (Fsp3) is 0.0638. The fourth-order valence-corrected chi connectivity index (χ4v) is 8.21. The Kier molecular flexibility index (Phi) is 5.95. The van der Waals surface area contributed by atoms with Crippen molar-refractivity contribution in [2.75, 3.05) is 0 Å². The van der Waals surface area contributed by atoms with Gasteiger partial charge in [-0.3, -0.25) is 0 Å². The number of hydrogen-bond donors (Lipinski definition) is 0. The SMILES string of the molecule is CC1(C)c2cc(-c3cccc(-c4cc(-c5nc6ccccc6o5)cc(-c5nc6ccccc6o5)c4)c3)ccc2-c2ccc3oc4ccccc4c3c21. The van der Waals surface area contributed by atoms with Crippen LogP contribution in [0.5, 0.6) is 0 Å². The molecule has 3 heterocycles. The van der Waals surface area contributed by atoms with Crippen LogP contribution in [0.3, 0.4) is 0 Å². The molecular weight excluding hydrogens is 641 g/mol. The molecule has 0 saturated heterocycles. The smallest absolute Gasteiger partial charge is 0.227 e. The number of fused-ring (bicyclic) bond motifs is 9. The Bertz CT molecular complexity index is 2910. The predicted octanol–water partition coefficient (Wildman–Crippen LogP) is 12.8. The molecule has 0 unspecified atom stereocenters. The van der Waals surface area contributed by atoms with E-state index in [1.807, 2.05) is 60.7 Å². The maximum absolute atomic E-state index is 6.30. The predicted molar refractivity (Wildman–Crippen MR) is 208 cm³/mol. The molecule has 0 atom stereocenters. The van der Waals surface area contributed by atoms with Gasteiger partial charge in [0.25, 0.3) is 0 Å². The quantitative estimate of drug-likeness (QED) is 0.186. The lowest BCUT2D eigenvalue weighted by Crippen LogP contribution is -2.15. The normalized spacial score (nSPS) is 13.3. The van der Waals surface area contributed by atoms with E-state index in [4.69, 9.17) is 23.2 Å². The molecule has 0 N–H and O–H groups in total. The van der Waals surface area contributed by atoms with Crippen LogP contribution >= 0.6 is 0 Å². The number of rotatable bonds is 4. The van der Waals surface area contributed by atoms with Crippen LogP contribution in [0.2, 0.25) is 0 Å². The summed E-state index contributed by atoms with van der Waals surface area (Å²) in [5, 5.41) is 2.38. The summed E-state index contributed by atoms with van der Waals surface area (Å²) in [6.07, 6.45) is 0. The molecule has 3 aromatic heterocycles. The third-order valence-corrected chi connectivity index (χ3v) is 10.7. The third-order valence-electron chi connectivity index (χ3n) is 10.7. The van der Waals surface area contributed by atoms with Crippen LogP contribution in [0.15, 0.2) is 159 Å². The van der Waals surface area contributed by atoms with Crippen LogP contribution in [0.4, 0.5) is 0 Å². The van der Waals surface area contributed by atoms with Crippen molar-refractivity contribution in [3.63, 3.8) is 0 Å². The minimum atomic E-state index is -0.215. The summed E-state index contributed by atoms with van der Waals surface area (Å²) in [5.41, 5.74) is 16.1. The molecule has 0 amide bonds. The molecule has 5 nitrogen and oxygen atoms in total. The molecule has 0 fully saturated rings. The molecule has 5 heteroatoms. The first-order chi connectivity index (χ1) is 25.5. The van der Waals surface area contributed by atoms with E-state index >= 15 is 0 Å². The van der Waals surface area contributed by atoms with Gasteiger partial charge in [-0.25, -0.2) is 9.97 Å². The van der Waals surface area contributed by atoms with Crippen molar-refractivity contribution in [3.8, 4) is 56.3 Å². The van der Waals surface area contributed by atoms with E-state index in [0.29, 0.717) is 11.8 Å². The van der Waals surface area contributed by atoms with Crippen molar-refractivity contribution in [2.24, 2.45) is 0 Å². The molecule has 0 aliphatic heterocycles. The van der Waals surface area contributed by atoms with Gasteiger partial charge in [-0.15, -0.1) is 0 Å². The van der Waals surface area contributed by atoms with Crippen LogP contribution in [0, 0.1) is 0 Å². The molecule has 1 aliphatic rings. The molecule has 7 aromatic carbocycles. The summed E-state index contributed by atoms with van der Waals surface area (Å²) in [5.74, 6) is 1.10. The molecule has 0 saturated carbocycles. The Balaban J connectivity index is 1.04. The molecule has 246 valence electrons. The van der Waals surface area contributed by atoms with E-state index in [0.717, 1.165) is 61.2 Å². The molecular formula is C47H30N2O3. The standard InChI is InChI=1S/C47H30N2O3/c1-47(2)36-26-29(18-19-33(36)34-20-21-42-43(44(34)47)35-12-3-6-15-39(35)50-42)27-10-9-11-28(22-27)30-23-31(45-48-37-13-4-7-16-40(37)51-45)25-32(24-30)46-49-38-14-5-8-17-41(38)52-46/h3-26H,1-2H3. The maximum Gasteiger partial charge on any atom is 0.227 e. The molecule has 0 spiro atoms. The second-order valence-corrected chi connectivity index (χ2v) is 14.2. The second kappa shape index (κ2) is 10.6. The van der Waals surface area contributed by atoms with Crippen molar-refractivity contribution in [2.45, 2.75) is 19.3 Å². The van der Waals surface area contributed by atoms with Crippen LogP contribution in [-0.4, -0.2) is 9.97 Å². The van der Waals surface area contributed by atoms with Crippen molar-refractivity contribution in [3.05, 3.63) is 157 Å². The molecule has 0 bridgehead atoms. The van der Waals surface area contributed by atoms with Gasteiger partial charge < -0.3 is 13.3 Å². The van der Waals surface area contributed by atoms with Gasteiger partial charge in [0.05, 0.1) is 0 Å². The van der Waals surface area contributed by atoms with Crippen LogP contribution in [0.25, 0.3) is 100 Å². The third kappa shape index (κ3) is 4.29. The maximum atomic E-state index is 6.30. The molecule has 0 radical (unpaired) electrons. The summed E-state index contributed by atoms with van der Waals surface area (Å²) < 4.78 is 18.8. The van der Waals surface area contributed by atoms with Gasteiger partial charge in [-0.2, -0.15) is 0 Å². The van der Waals surface area contributed by atoms with Crippen molar-refractivity contribution in [1.29, 1.82) is 0 Å². The Labute approximate surface area is 298 Å². The summed E-state index contributed by atoms with van der Waals surface area (Å²) in [4.78, 5) is 9.67. The first-order valence-electron chi connectivity index (χ1n) is 17.6. The Morgan fingerprint density at radius 3 is 1.67 bits per heavy atom. The minimum Gasteiger partial charge on any atom is -0.456 e. The number of para-hydroxylation sites is 5. The summed E-state index contributed by atoms with van der Waals surface area (Å²) in [7, 11) is 0. The van der Waals surface area contributed by atoms with Crippen molar-refractivity contribution >= 4 is 44.1 Å². The lowest BCUT2D eigenvalue weighted by Gasteiger charge is -2.23. The lowest BCUT2D eigenvalue weighted by atomic mass is 9.79. The number of hydrogen-bond acceptors (Lipinski definition) is 5. The first kappa shape index (κ1) is 29.1. The zero-order valence-corrected chi connectivity index (χ0v) is 28.5. The van der Waals surface area contributed by atoms with Gasteiger partial charge in [0.2, 0.25) is 11.8 Å². The van der Waals surface area contributed by atoms with Crippen LogP contribution in [0.1, 0.15) is 25.0 Å². The molecule has 52 heavy (non-hydrogen) atoms. The van der Waals surface area contributed by atoms with E-state index in [-0.39, 0.29) is 5.41 Å². The first-order valence-corrected chi connectivity index (χ1v) is 17.6. The topological polar surface area (TPSA) is 65.2 Å². The van der Waals surface area contributed by atoms with Gasteiger partial charge in [0.1, 0.15) is 22.2 Å².